The van der Waals surface area contributed by atoms with E-state index in [1.165, 1.54) is 25.3 Å². The van der Waals surface area contributed by atoms with Crippen molar-refractivity contribution < 1.29 is 36.2 Å². The molecule has 0 atom stereocenters. The Morgan fingerprint density at radius 1 is 1.09 bits per heavy atom. The van der Waals surface area contributed by atoms with E-state index in [0.717, 1.165) is 18.2 Å². The number of likely N-dealkylation sites (N-methyl/N-ethyl adjacent to an activating group) is 1. The summed E-state index contributed by atoms with van der Waals surface area (Å²) in [6.07, 6.45) is -4.75. The van der Waals surface area contributed by atoms with Gasteiger partial charge in [-0.2, -0.15) is 22.0 Å². The van der Waals surface area contributed by atoms with Crippen molar-refractivity contribution in [2.75, 3.05) is 50.6 Å². The summed E-state index contributed by atoms with van der Waals surface area (Å²) in [6.45, 7) is -0.702. The second-order valence-corrected chi connectivity index (χ2v) is 7.19. The summed E-state index contributed by atoms with van der Waals surface area (Å²) in [5.41, 5.74) is -1.54. The van der Waals surface area contributed by atoms with Gasteiger partial charge in [0.2, 0.25) is 0 Å². The van der Waals surface area contributed by atoms with Crippen LogP contribution in [0.1, 0.15) is 15.9 Å². The Morgan fingerprint density at radius 2 is 1.78 bits per heavy atom. The van der Waals surface area contributed by atoms with Crippen molar-refractivity contribution in [3.63, 3.8) is 0 Å². The van der Waals surface area contributed by atoms with E-state index in [2.05, 4.69) is 15.0 Å². The van der Waals surface area contributed by atoms with Gasteiger partial charge in [0.15, 0.2) is 11.5 Å². The Kier molecular flexibility index (Phi) is 7.07. The molecule has 1 aliphatic rings. The van der Waals surface area contributed by atoms with Crippen molar-refractivity contribution in [2.45, 2.75) is 12.8 Å². The summed E-state index contributed by atoms with van der Waals surface area (Å²) < 4.78 is 76.2. The van der Waals surface area contributed by atoms with E-state index in [1.807, 2.05) is 11.9 Å². The number of para-hydroxylation sites is 1. The van der Waals surface area contributed by atoms with Crippen LogP contribution in [0.3, 0.4) is 0 Å². The molecule has 1 N–H and O–H groups in total. The molecule has 174 valence electrons. The lowest BCUT2D eigenvalue weighted by Gasteiger charge is -2.34. The highest BCUT2D eigenvalue weighted by molar-refractivity contribution is 6.07. The summed E-state index contributed by atoms with van der Waals surface area (Å²) in [4.78, 5) is 16.6. The zero-order chi connectivity index (χ0) is 23.5. The molecule has 0 aromatic heterocycles. The molecule has 32 heavy (non-hydrogen) atoms. The first-order valence-electron chi connectivity index (χ1n) is 9.68. The van der Waals surface area contributed by atoms with E-state index in [9.17, 15) is 26.7 Å². The third-order valence-electron chi connectivity index (χ3n) is 5.08. The number of hydrogen-bond donors (Lipinski definition) is 1. The SMILES string of the molecule is COc1cccc(C(=O)Nc2ccc(N3CCN(C)CC3)cc2C(F)(F)F)c1OC(F)F. The van der Waals surface area contributed by atoms with Gasteiger partial charge >= 0.3 is 12.8 Å². The fourth-order valence-corrected chi connectivity index (χ4v) is 3.39. The molecule has 11 heteroatoms. The van der Waals surface area contributed by atoms with Gasteiger partial charge in [0, 0.05) is 31.9 Å². The number of amides is 1. The number of anilines is 2. The minimum atomic E-state index is -4.75. The van der Waals surface area contributed by atoms with Crippen LogP contribution in [0.25, 0.3) is 0 Å². The molecule has 0 unspecified atom stereocenters. The van der Waals surface area contributed by atoms with Gasteiger partial charge in [0.05, 0.1) is 23.9 Å². The average Bonchev–Trinajstić information content (AvgIpc) is 2.73. The molecule has 0 spiro atoms. The first kappa shape index (κ1) is 23.6. The molecule has 1 heterocycles. The number of hydrogen-bond acceptors (Lipinski definition) is 5. The largest absolute Gasteiger partial charge is 0.493 e. The summed E-state index contributed by atoms with van der Waals surface area (Å²) >= 11 is 0. The number of piperazine rings is 1. The molecule has 1 aliphatic heterocycles. The van der Waals surface area contributed by atoms with Crippen LogP contribution >= 0.6 is 0 Å². The molecule has 6 nitrogen and oxygen atoms in total. The minimum absolute atomic E-state index is 0.153. The third kappa shape index (κ3) is 5.39. The normalized spacial score (nSPS) is 15.1. The molecular formula is C21H22F5N3O3. The maximum Gasteiger partial charge on any atom is 0.418 e. The first-order chi connectivity index (χ1) is 15.1. The smallest absolute Gasteiger partial charge is 0.418 e. The van der Waals surface area contributed by atoms with Gasteiger partial charge in [-0.25, -0.2) is 0 Å². The standard InChI is InChI=1S/C21H22F5N3O3/c1-28-8-10-29(11-9-28)13-6-7-16(15(12-13)21(24,25)26)27-19(30)14-4-3-5-17(31-2)18(14)32-20(22)23/h3-7,12,20H,8-11H2,1-2H3,(H,27,30). The number of alkyl halides is 5. The van der Waals surface area contributed by atoms with Crippen molar-refractivity contribution in [1.29, 1.82) is 0 Å². The molecule has 0 saturated carbocycles. The molecule has 1 fully saturated rings. The molecule has 0 radical (unpaired) electrons. The van der Waals surface area contributed by atoms with Crippen LogP contribution in [-0.4, -0.2) is 57.8 Å². The predicted molar refractivity (Wildman–Crippen MR) is 109 cm³/mol. The Labute approximate surface area is 181 Å². The van der Waals surface area contributed by atoms with E-state index in [-0.39, 0.29) is 11.3 Å². The zero-order valence-corrected chi connectivity index (χ0v) is 17.4. The Balaban J connectivity index is 1.92. The molecular weight excluding hydrogens is 437 g/mol. The summed E-state index contributed by atoms with van der Waals surface area (Å²) in [7, 11) is 3.12. The van der Waals surface area contributed by atoms with E-state index in [4.69, 9.17) is 4.74 Å². The van der Waals surface area contributed by atoms with Crippen LogP contribution in [0.15, 0.2) is 36.4 Å². The van der Waals surface area contributed by atoms with E-state index < -0.39 is 35.7 Å². The Bertz CT molecular complexity index is 960. The second kappa shape index (κ2) is 9.60. The van der Waals surface area contributed by atoms with Crippen LogP contribution in [0.4, 0.5) is 33.3 Å². The topological polar surface area (TPSA) is 54.0 Å². The number of methoxy groups -OCH3 is 1. The molecule has 2 aromatic carbocycles. The lowest BCUT2D eigenvalue weighted by Crippen LogP contribution is -2.44. The second-order valence-electron chi connectivity index (χ2n) is 7.19. The number of carbonyl (C=O) groups excluding carboxylic acids is 1. The lowest BCUT2D eigenvalue weighted by molar-refractivity contribution is -0.136. The van der Waals surface area contributed by atoms with Crippen molar-refractivity contribution in [3.05, 3.63) is 47.5 Å². The predicted octanol–water partition coefficient (Wildman–Crippen LogP) is 4.32. The lowest BCUT2D eigenvalue weighted by atomic mass is 10.1. The Hall–Kier alpha value is -3.08. The average molecular weight is 459 g/mol. The number of ether oxygens (including phenoxy) is 2. The van der Waals surface area contributed by atoms with Crippen molar-refractivity contribution in [1.82, 2.24) is 4.90 Å². The highest BCUT2D eigenvalue weighted by Crippen LogP contribution is 2.39. The maximum absolute atomic E-state index is 13.8. The third-order valence-corrected chi connectivity index (χ3v) is 5.08. The molecule has 3 rings (SSSR count). The number of nitrogens with one attached hydrogen (secondary N) is 1. The molecule has 0 aliphatic carbocycles. The highest BCUT2D eigenvalue weighted by atomic mass is 19.4. The fraction of sp³-hybridized carbons (Fsp3) is 0.381. The Morgan fingerprint density at radius 3 is 2.38 bits per heavy atom. The van der Waals surface area contributed by atoms with Gasteiger partial charge in [-0.05, 0) is 37.4 Å². The van der Waals surface area contributed by atoms with Gasteiger partial charge in [-0.1, -0.05) is 6.07 Å². The van der Waals surface area contributed by atoms with Crippen LogP contribution in [0, 0.1) is 0 Å². The highest BCUT2D eigenvalue weighted by Gasteiger charge is 2.35. The molecule has 1 saturated heterocycles. The van der Waals surface area contributed by atoms with Gasteiger partial charge < -0.3 is 24.6 Å². The summed E-state index contributed by atoms with van der Waals surface area (Å²) in [5, 5.41) is 2.17. The quantitative estimate of drug-likeness (QED) is 0.653. The number of benzene rings is 2. The van der Waals surface area contributed by atoms with Crippen LogP contribution in [0.2, 0.25) is 0 Å². The summed E-state index contributed by atoms with van der Waals surface area (Å²) in [5.74, 6) is -1.76. The van der Waals surface area contributed by atoms with Gasteiger partial charge in [0.25, 0.3) is 5.91 Å². The molecule has 1 amide bonds. The van der Waals surface area contributed by atoms with Crippen LogP contribution < -0.4 is 19.7 Å². The van der Waals surface area contributed by atoms with Gasteiger partial charge in [0.1, 0.15) is 0 Å². The van der Waals surface area contributed by atoms with Crippen molar-refractivity contribution >= 4 is 17.3 Å². The van der Waals surface area contributed by atoms with E-state index in [1.54, 1.807) is 0 Å². The van der Waals surface area contributed by atoms with E-state index >= 15 is 0 Å². The van der Waals surface area contributed by atoms with Crippen LogP contribution in [0.5, 0.6) is 11.5 Å². The van der Waals surface area contributed by atoms with Crippen LogP contribution in [-0.2, 0) is 6.18 Å². The maximum atomic E-state index is 13.8. The first-order valence-corrected chi connectivity index (χ1v) is 9.68. The monoisotopic (exact) mass is 459 g/mol. The number of nitrogens with zero attached hydrogens (tertiary/aromatic N) is 2. The summed E-state index contributed by atoms with van der Waals surface area (Å²) in [6, 6.07) is 7.40. The zero-order valence-electron chi connectivity index (χ0n) is 17.4. The van der Waals surface area contributed by atoms with Crippen molar-refractivity contribution in [2.24, 2.45) is 0 Å². The number of halogens is 5. The van der Waals surface area contributed by atoms with Gasteiger partial charge in [-0.15, -0.1) is 0 Å². The number of carbonyl (C=O) groups is 1. The van der Waals surface area contributed by atoms with Crippen molar-refractivity contribution in [3.8, 4) is 11.5 Å². The number of rotatable bonds is 6. The van der Waals surface area contributed by atoms with Gasteiger partial charge in [-0.3, -0.25) is 4.79 Å². The fourth-order valence-electron chi connectivity index (χ4n) is 3.39. The molecule has 0 bridgehead atoms. The molecule has 2 aromatic rings. The minimum Gasteiger partial charge on any atom is -0.493 e. The van der Waals surface area contributed by atoms with E-state index in [0.29, 0.717) is 31.9 Å².